The number of hydrogen-bond acceptors (Lipinski definition) is 6. The molecule has 2 aromatic heterocycles. The van der Waals surface area contributed by atoms with Crippen molar-refractivity contribution in [1.29, 1.82) is 0 Å². The summed E-state index contributed by atoms with van der Waals surface area (Å²) in [7, 11) is 0. The molecule has 12 heteroatoms. The summed E-state index contributed by atoms with van der Waals surface area (Å²) in [5.74, 6) is -3.00. The molecule has 32 heavy (non-hydrogen) atoms. The van der Waals surface area contributed by atoms with Crippen molar-refractivity contribution in [3.63, 3.8) is 0 Å². The van der Waals surface area contributed by atoms with E-state index < -0.39 is 23.9 Å². The average Bonchev–Trinajstić information content (AvgIpc) is 3.12. The van der Waals surface area contributed by atoms with Gasteiger partial charge in [-0.2, -0.15) is 4.98 Å². The van der Waals surface area contributed by atoms with Gasteiger partial charge in [-0.05, 0) is 42.5 Å². The third-order valence-electron chi connectivity index (χ3n) is 4.79. The van der Waals surface area contributed by atoms with Crippen LogP contribution in [0.1, 0.15) is 34.3 Å². The van der Waals surface area contributed by atoms with Crippen LogP contribution in [0.5, 0.6) is 0 Å². The van der Waals surface area contributed by atoms with E-state index in [-0.39, 0.29) is 59.5 Å². The summed E-state index contributed by atoms with van der Waals surface area (Å²) in [6.45, 7) is 0. The van der Waals surface area contributed by atoms with Crippen molar-refractivity contribution in [1.82, 2.24) is 20.3 Å². The second kappa shape index (κ2) is 10.9. The molecule has 0 fully saturated rings. The molecule has 3 rings (SSSR count). The number of aliphatic carboxylic acids is 2. The van der Waals surface area contributed by atoms with E-state index >= 15 is 0 Å². The normalized spacial score (nSPS) is 11.5. The van der Waals surface area contributed by atoms with Gasteiger partial charge in [0.2, 0.25) is 5.95 Å². The number of carboxylic acids is 2. The Labute approximate surface area is 203 Å². The standard InChI is InChI=1S/C20H21N5O6.Na/c21-20-24-16-15(18(29)25-20)12(9-22-16)6-3-10-1-4-11(5-2-10)17(28)23-13(19(30)31)7-8-14(26)27;/h1-2,4-5,9,13H,3,6-8H2,(H,23,28)(H,26,27)(H,30,31)(H4,21,22,24,25,29);/q;+1. The number of aromatic amines is 2. The van der Waals surface area contributed by atoms with Crippen LogP contribution in [0.15, 0.2) is 35.3 Å². The Hall–Kier alpha value is -3.15. The van der Waals surface area contributed by atoms with Crippen molar-refractivity contribution in [3.05, 3.63) is 57.5 Å². The maximum atomic E-state index is 12.3. The first-order chi connectivity index (χ1) is 14.7. The van der Waals surface area contributed by atoms with Crippen LogP contribution in [0, 0.1) is 0 Å². The van der Waals surface area contributed by atoms with E-state index in [1.807, 2.05) is 0 Å². The van der Waals surface area contributed by atoms with Crippen molar-refractivity contribution in [2.24, 2.45) is 0 Å². The van der Waals surface area contributed by atoms with Gasteiger partial charge in [0.1, 0.15) is 11.7 Å². The van der Waals surface area contributed by atoms with E-state index in [0.29, 0.717) is 23.9 Å². The van der Waals surface area contributed by atoms with Crippen molar-refractivity contribution >= 4 is 34.8 Å². The van der Waals surface area contributed by atoms with Crippen molar-refractivity contribution in [2.75, 3.05) is 5.73 Å². The van der Waals surface area contributed by atoms with E-state index in [1.54, 1.807) is 30.5 Å². The molecule has 0 aliphatic carbocycles. The van der Waals surface area contributed by atoms with E-state index in [1.165, 1.54) is 0 Å². The molecule has 1 atom stereocenters. The van der Waals surface area contributed by atoms with Crippen LogP contribution in [-0.4, -0.2) is 49.1 Å². The van der Waals surface area contributed by atoms with Crippen molar-refractivity contribution in [3.8, 4) is 0 Å². The van der Waals surface area contributed by atoms with E-state index in [0.717, 1.165) is 11.1 Å². The number of aromatic nitrogens is 3. The van der Waals surface area contributed by atoms with Gasteiger partial charge in [-0.3, -0.25) is 19.4 Å². The van der Waals surface area contributed by atoms with E-state index in [4.69, 9.17) is 15.9 Å². The van der Waals surface area contributed by atoms with Crippen LogP contribution in [0.25, 0.3) is 11.0 Å². The number of benzene rings is 1. The first-order valence-corrected chi connectivity index (χ1v) is 9.44. The smallest absolute Gasteiger partial charge is 0.481 e. The number of carbonyl (C=O) groups is 3. The van der Waals surface area contributed by atoms with Crippen LogP contribution < -0.4 is 46.2 Å². The number of nitrogens with one attached hydrogen (secondary N) is 3. The summed E-state index contributed by atoms with van der Waals surface area (Å²) in [5, 5.41) is 20.6. The molecule has 0 saturated carbocycles. The zero-order chi connectivity index (χ0) is 22.5. The minimum atomic E-state index is -1.30. The molecule has 2 heterocycles. The number of H-pyrrole nitrogens is 2. The largest absolute Gasteiger partial charge is 1.00 e. The molecule has 1 aromatic carbocycles. The van der Waals surface area contributed by atoms with Crippen LogP contribution in [-0.2, 0) is 22.4 Å². The molecule has 11 nitrogen and oxygen atoms in total. The van der Waals surface area contributed by atoms with E-state index in [9.17, 15) is 19.2 Å². The van der Waals surface area contributed by atoms with Gasteiger partial charge < -0.3 is 26.2 Å². The second-order valence-corrected chi connectivity index (χ2v) is 6.98. The number of amides is 1. The van der Waals surface area contributed by atoms with Gasteiger partial charge in [-0.15, -0.1) is 0 Å². The number of hydrogen-bond donors (Lipinski definition) is 6. The summed E-state index contributed by atoms with van der Waals surface area (Å²) in [5.41, 5.74) is 7.59. The Morgan fingerprint density at radius 2 is 1.81 bits per heavy atom. The Balaban J connectivity index is 0.00000363. The summed E-state index contributed by atoms with van der Waals surface area (Å²) in [6.07, 6.45) is 2.27. The summed E-state index contributed by atoms with van der Waals surface area (Å²) in [4.78, 5) is 55.7. The molecule has 0 radical (unpaired) electrons. The molecular formula is C20H21N5NaO6+. The molecule has 0 saturated heterocycles. The third-order valence-corrected chi connectivity index (χ3v) is 4.79. The average molecular weight is 450 g/mol. The zero-order valence-electron chi connectivity index (χ0n) is 17.3. The summed E-state index contributed by atoms with van der Waals surface area (Å²) < 4.78 is 0. The van der Waals surface area contributed by atoms with E-state index in [2.05, 4.69) is 20.3 Å². The number of aryl methyl sites for hydroxylation is 2. The molecule has 0 bridgehead atoms. The number of anilines is 1. The topological polar surface area (TPSA) is 191 Å². The van der Waals surface area contributed by atoms with Crippen LogP contribution in [0.3, 0.4) is 0 Å². The van der Waals surface area contributed by atoms with Crippen LogP contribution in [0.4, 0.5) is 5.95 Å². The quantitative estimate of drug-likeness (QED) is 0.196. The molecule has 1 amide bonds. The van der Waals surface area contributed by atoms with Gasteiger partial charge in [0.05, 0.1) is 5.39 Å². The number of nitrogens with zero attached hydrogens (tertiary/aromatic N) is 1. The third kappa shape index (κ3) is 6.19. The Bertz CT molecular complexity index is 1190. The predicted molar refractivity (Wildman–Crippen MR) is 111 cm³/mol. The van der Waals surface area contributed by atoms with Crippen molar-refractivity contribution in [2.45, 2.75) is 31.7 Å². The van der Waals surface area contributed by atoms with Gasteiger partial charge in [0, 0.05) is 18.2 Å². The fourth-order valence-electron chi connectivity index (χ4n) is 3.19. The first kappa shape index (κ1) is 25.1. The van der Waals surface area contributed by atoms with Gasteiger partial charge in [-0.1, -0.05) is 12.1 Å². The molecule has 0 spiro atoms. The zero-order valence-corrected chi connectivity index (χ0v) is 19.3. The molecule has 0 aliphatic rings. The molecular weight excluding hydrogens is 429 g/mol. The maximum absolute atomic E-state index is 12.3. The Kier molecular flexibility index (Phi) is 8.58. The second-order valence-electron chi connectivity index (χ2n) is 6.98. The summed E-state index contributed by atoms with van der Waals surface area (Å²) >= 11 is 0. The van der Waals surface area contributed by atoms with Gasteiger partial charge in [-0.25, -0.2) is 4.79 Å². The number of nitrogen functional groups attached to an aromatic ring is 1. The minimum Gasteiger partial charge on any atom is -0.481 e. The molecule has 0 aliphatic heterocycles. The number of carboxylic acid groups (broad SMARTS) is 2. The van der Waals surface area contributed by atoms with Crippen molar-refractivity contribution < 1.29 is 54.2 Å². The Morgan fingerprint density at radius 3 is 2.44 bits per heavy atom. The van der Waals surface area contributed by atoms with Crippen LogP contribution in [0.2, 0.25) is 0 Å². The van der Waals surface area contributed by atoms with Gasteiger partial charge in [0.15, 0.2) is 0 Å². The fraction of sp³-hybridized carbons (Fsp3) is 0.250. The molecule has 1 unspecified atom stereocenters. The fourth-order valence-corrected chi connectivity index (χ4v) is 3.19. The number of carbonyl (C=O) groups excluding carboxylic acids is 1. The number of nitrogens with two attached hydrogens (primary N) is 1. The molecule has 3 aromatic rings. The number of rotatable bonds is 9. The first-order valence-electron chi connectivity index (χ1n) is 9.44. The predicted octanol–water partition coefficient (Wildman–Crippen LogP) is -2.33. The summed E-state index contributed by atoms with van der Waals surface area (Å²) in [6, 6.07) is 5.30. The molecule has 7 N–H and O–H groups in total. The Morgan fingerprint density at radius 1 is 1.12 bits per heavy atom. The van der Waals surface area contributed by atoms with Gasteiger partial charge >= 0.3 is 41.5 Å². The monoisotopic (exact) mass is 450 g/mol. The maximum Gasteiger partial charge on any atom is 1.00 e. The van der Waals surface area contributed by atoms with Crippen LogP contribution >= 0.6 is 0 Å². The van der Waals surface area contributed by atoms with Gasteiger partial charge in [0.25, 0.3) is 11.5 Å². The molecule has 162 valence electrons. The minimum absolute atomic E-state index is 0. The SMILES string of the molecule is Nc1nc2[nH]cc(CCc3ccc(C(=O)NC(CCC(=O)O)C(=O)O)cc3)c2c(=O)[nH]1.[Na+]. The number of fused-ring (bicyclic) bond motifs is 1.